The maximum atomic E-state index is 13.4. The summed E-state index contributed by atoms with van der Waals surface area (Å²) in [5.74, 6) is -0.568. The maximum absolute atomic E-state index is 13.4. The van der Waals surface area contributed by atoms with Crippen LogP contribution in [0.25, 0.3) is 0 Å². The van der Waals surface area contributed by atoms with Crippen LogP contribution in [-0.4, -0.2) is 69.4 Å². The van der Waals surface area contributed by atoms with Crippen LogP contribution < -0.4 is 10.2 Å². The Morgan fingerprint density at radius 3 is 1.47 bits per heavy atom. The molecule has 1 N–H and O–H groups in total. The van der Waals surface area contributed by atoms with Crippen molar-refractivity contribution < 1.29 is 37.3 Å². The van der Waals surface area contributed by atoms with Gasteiger partial charge in [-0.3, -0.25) is 14.2 Å². The lowest BCUT2D eigenvalue weighted by Crippen LogP contribution is -2.47. The minimum Gasteiger partial charge on any atom is -0.756 e. The van der Waals surface area contributed by atoms with Crippen molar-refractivity contribution in [3.8, 4) is 0 Å². The average molecular weight is 949 g/mol. The highest BCUT2D eigenvalue weighted by Crippen LogP contribution is 2.38. The van der Waals surface area contributed by atoms with Gasteiger partial charge in [0.15, 0.2) is 0 Å². The van der Waals surface area contributed by atoms with E-state index >= 15 is 0 Å². The first-order valence-electron chi connectivity index (χ1n) is 27.4. The molecule has 1 amide bonds. The van der Waals surface area contributed by atoms with Crippen molar-refractivity contribution in [1.29, 1.82) is 0 Å². The first-order valence-corrected chi connectivity index (χ1v) is 28.9. The van der Waals surface area contributed by atoms with E-state index in [4.69, 9.17) is 13.8 Å². The van der Waals surface area contributed by atoms with E-state index in [0.717, 1.165) is 89.9 Å². The van der Waals surface area contributed by atoms with E-state index in [0.29, 0.717) is 23.9 Å². The fourth-order valence-electron chi connectivity index (χ4n) is 7.73. The molecule has 0 radical (unpaired) electrons. The van der Waals surface area contributed by atoms with Crippen LogP contribution in [0.3, 0.4) is 0 Å². The van der Waals surface area contributed by atoms with Gasteiger partial charge < -0.3 is 28.5 Å². The molecule has 0 spiro atoms. The van der Waals surface area contributed by atoms with E-state index in [2.05, 4.69) is 62.5 Å². The molecule has 0 aliphatic heterocycles. The van der Waals surface area contributed by atoms with E-state index in [1.54, 1.807) is 0 Å². The fourth-order valence-corrected chi connectivity index (χ4v) is 8.45. The number of unbranched alkanes of at least 4 members (excludes halogenated alkanes) is 27. The Kier molecular flexibility index (Phi) is 45.3. The summed E-state index contributed by atoms with van der Waals surface area (Å²) in [6, 6.07) is -0.895. The van der Waals surface area contributed by atoms with Crippen LogP contribution >= 0.6 is 7.82 Å². The molecule has 0 aliphatic rings. The zero-order chi connectivity index (χ0) is 48.7. The molecule has 3 atom stereocenters. The Hall–Kier alpha value is -2.03. The van der Waals surface area contributed by atoms with Crippen LogP contribution in [0.1, 0.15) is 245 Å². The normalized spacial score (nSPS) is 14.2. The summed E-state index contributed by atoms with van der Waals surface area (Å²) in [6.45, 7) is 6.71. The van der Waals surface area contributed by atoms with E-state index in [1.165, 1.54) is 116 Å². The molecule has 0 aromatic heterocycles. The molecule has 10 heteroatoms. The predicted molar refractivity (Wildman–Crippen MR) is 279 cm³/mol. The first kappa shape index (κ1) is 64.0. The smallest absolute Gasteiger partial charge is 0.306 e. The quantitative estimate of drug-likeness (QED) is 0.0212. The summed E-state index contributed by atoms with van der Waals surface area (Å²) in [4.78, 5) is 39.7. The number of amides is 1. The molecular formula is C56H105N2O7P. The lowest BCUT2D eigenvalue weighted by atomic mass is 10.0. The lowest BCUT2D eigenvalue weighted by Gasteiger charge is -2.30. The highest BCUT2D eigenvalue weighted by Gasteiger charge is 2.27. The molecule has 0 fully saturated rings. The third kappa shape index (κ3) is 47.1. The van der Waals surface area contributed by atoms with Crippen molar-refractivity contribution in [2.75, 3.05) is 40.9 Å². The van der Waals surface area contributed by atoms with E-state index in [-0.39, 0.29) is 24.9 Å². The van der Waals surface area contributed by atoms with Gasteiger partial charge >= 0.3 is 5.97 Å². The maximum Gasteiger partial charge on any atom is 0.306 e. The summed E-state index contributed by atoms with van der Waals surface area (Å²) in [6.07, 6.45) is 55.0. The zero-order valence-corrected chi connectivity index (χ0v) is 44.8. The van der Waals surface area contributed by atoms with Gasteiger partial charge in [0.05, 0.1) is 33.8 Å². The molecule has 0 bridgehead atoms. The Labute approximate surface area is 408 Å². The van der Waals surface area contributed by atoms with E-state index < -0.39 is 26.6 Å². The molecular weight excluding hydrogens is 844 g/mol. The summed E-state index contributed by atoms with van der Waals surface area (Å²) in [5, 5.41) is 3.01. The number of hydrogen-bond acceptors (Lipinski definition) is 7. The first-order chi connectivity index (χ1) is 31.9. The molecule has 386 valence electrons. The van der Waals surface area contributed by atoms with Crippen molar-refractivity contribution in [3.63, 3.8) is 0 Å². The average Bonchev–Trinajstić information content (AvgIpc) is 3.27. The minimum absolute atomic E-state index is 0.0263. The van der Waals surface area contributed by atoms with Gasteiger partial charge in [-0.25, -0.2) is 0 Å². The number of phosphoric ester groups is 1. The van der Waals surface area contributed by atoms with Gasteiger partial charge in [-0.15, -0.1) is 0 Å². The van der Waals surface area contributed by atoms with Gasteiger partial charge in [0, 0.05) is 12.8 Å². The standard InChI is InChI=1S/C56H105N2O7P/c1-7-10-13-16-19-22-25-28-30-33-36-39-42-45-48-55(59)57-53(52-64-66(61,62)63-51-50-58(4,5)6)54(47-44-41-38-35-32-27-24-21-18-15-12-9-3)65-56(60)49-46-43-40-37-34-31-29-26-23-20-17-14-11-8-2/h10,13,19,22,31,34,44,47,53-54H,7-9,11-12,14-18,20-21,23-30,32-33,35-43,45-46,48-52H2,1-6H3,(H-,57,59,61,62)/b13-10+,22-19+,34-31-,47-44+. The number of ether oxygens (including phenoxy) is 1. The predicted octanol–water partition coefficient (Wildman–Crippen LogP) is 15.5. The number of carbonyl (C=O) groups is 2. The Bertz CT molecular complexity index is 1280. The Morgan fingerprint density at radius 1 is 0.545 bits per heavy atom. The van der Waals surface area contributed by atoms with E-state index in [9.17, 15) is 19.0 Å². The summed E-state index contributed by atoms with van der Waals surface area (Å²) >= 11 is 0. The molecule has 0 aromatic rings. The van der Waals surface area contributed by atoms with Crippen molar-refractivity contribution in [3.05, 3.63) is 48.6 Å². The van der Waals surface area contributed by atoms with Gasteiger partial charge in [-0.1, -0.05) is 198 Å². The van der Waals surface area contributed by atoms with Crippen molar-refractivity contribution in [2.45, 2.75) is 258 Å². The van der Waals surface area contributed by atoms with Gasteiger partial charge in [0.2, 0.25) is 5.91 Å². The third-order valence-corrected chi connectivity index (χ3v) is 13.0. The lowest BCUT2D eigenvalue weighted by molar-refractivity contribution is -0.870. The number of esters is 1. The van der Waals surface area contributed by atoms with Crippen molar-refractivity contribution in [2.24, 2.45) is 0 Å². The van der Waals surface area contributed by atoms with E-state index in [1.807, 2.05) is 33.3 Å². The molecule has 0 heterocycles. The van der Waals surface area contributed by atoms with Crippen LogP contribution in [0.2, 0.25) is 0 Å². The van der Waals surface area contributed by atoms with Gasteiger partial charge in [0.25, 0.3) is 7.82 Å². The molecule has 9 nitrogen and oxygen atoms in total. The fraction of sp³-hybridized carbons (Fsp3) is 0.821. The number of phosphoric acid groups is 1. The van der Waals surface area contributed by atoms with Crippen LogP contribution in [0, 0.1) is 0 Å². The van der Waals surface area contributed by atoms with Crippen molar-refractivity contribution in [1.82, 2.24) is 5.32 Å². The van der Waals surface area contributed by atoms with Crippen LogP contribution in [-0.2, 0) is 27.9 Å². The number of hydrogen-bond donors (Lipinski definition) is 1. The second-order valence-electron chi connectivity index (χ2n) is 19.7. The molecule has 3 unspecified atom stereocenters. The van der Waals surface area contributed by atoms with Gasteiger partial charge in [-0.2, -0.15) is 0 Å². The largest absolute Gasteiger partial charge is 0.756 e. The molecule has 0 aliphatic carbocycles. The highest BCUT2D eigenvalue weighted by molar-refractivity contribution is 7.45. The molecule has 0 rings (SSSR count). The topological polar surface area (TPSA) is 114 Å². The zero-order valence-electron chi connectivity index (χ0n) is 43.9. The number of likely N-dealkylation sites (N-methyl/N-ethyl adjacent to an activating group) is 1. The van der Waals surface area contributed by atoms with Crippen molar-refractivity contribution >= 4 is 19.7 Å². The summed E-state index contributed by atoms with van der Waals surface area (Å²) in [5.41, 5.74) is 0. The number of quaternary nitrogens is 1. The van der Waals surface area contributed by atoms with Crippen LogP contribution in [0.4, 0.5) is 0 Å². The van der Waals surface area contributed by atoms with Crippen LogP contribution in [0.15, 0.2) is 48.6 Å². The SMILES string of the molecule is CC/C=C/C/C=C/CCCCCCCCCC(=O)NC(COP(=O)([O-])OCC[N+](C)(C)C)C(/C=C/CCCCCCCCCCCC)OC(=O)CCCCC/C=C\CCCCCCCCC. The number of nitrogens with zero attached hydrogens (tertiary/aromatic N) is 1. The number of allylic oxidation sites excluding steroid dienone is 7. The number of carbonyl (C=O) groups excluding carboxylic acids is 2. The second kappa shape index (κ2) is 46.7. The molecule has 0 aromatic carbocycles. The molecule has 66 heavy (non-hydrogen) atoms. The third-order valence-electron chi connectivity index (χ3n) is 12.0. The van der Waals surface area contributed by atoms with Gasteiger partial charge in [-0.05, 0) is 83.1 Å². The Balaban J connectivity index is 5.42. The monoisotopic (exact) mass is 949 g/mol. The summed E-state index contributed by atoms with van der Waals surface area (Å²) in [7, 11) is 1.17. The Morgan fingerprint density at radius 2 is 0.970 bits per heavy atom. The van der Waals surface area contributed by atoms with Gasteiger partial charge in [0.1, 0.15) is 19.3 Å². The number of nitrogens with one attached hydrogen (secondary N) is 1. The number of rotatable bonds is 49. The highest BCUT2D eigenvalue weighted by atomic mass is 31.2. The molecule has 0 saturated heterocycles. The summed E-state index contributed by atoms with van der Waals surface area (Å²) < 4.78 is 30.1. The molecule has 0 saturated carbocycles. The second-order valence-corrected chi connectivity index (χ2v) is 21.1. The minimum atomic E-state index is -4.69. The van der Waals surface area contributed by atoms with Crippen LogP contribution in [0.5, 0.6) is 0 Å².